The van der Waals surface area contributed by atoms with Gasteiger partial charge in [-0.05, 0) is 65.8 Å². The first-order valence-corrected chi connectivity index (χ1v) is 21.0. The van der Waals surface area contributed by atoms with Gasteiger partial charge in [0.05, 0.1) is 19.4 Å². The van der Waals surface area contributed by atoms with Gasteiger partial charge in [-0.3, -0.25) is 0 Å². The van der Waals surface area contributed by atoms with Crippen molar-refractivity contribution in [3.63, 3.8) is 0 Å². The van der Waals surface area contributed by atoms with Crippen molar-refractivity contribution in [1.82, 2.24) is 15.0 Å². The maximum absolute atomic E-state index is 8.80. The van der Waals surface area contributed by atoms with Crippen LogP contribution >= 0.6 is 0 Å². The largest absolute Gasteiger partial charge is 0.486 e. The molecular weight excluding hydrogens is 819 g/mol. The number of furan rings is 1. The minimum absolute atomic E-state index is 0. The van der Waals surface area contributed by atoms with E-state index in [0.29, 0.717) is 5.71 Å². The Balaban J connectivity index is 0.000000217. The van der Waals surface area contributed by atoms with Gasteiger partial charge in [0, 0.05) is 47.6 Å². The minimum atomic E-state index is -1.67. The molecule has 3 aromatic carbocycles. The van der Waals surface area contributed by atoms with E-state index >= 15 is 0 Å². The van der Waals surface area contributed by atoms with Crippen LogP contribution in [-0.2, 0) is 26.5 Å². The third-order valence-electron chi connectivity index (χ3n) is 8.79. The Bertz CT molecular complexity index is 2340. The van der Waals surface area contributed by atoms with E-state index in [2.05, 4.69) is 61.7 Å². The Morgan fingerprint density at radius 3 is 2.25 bits per heavy atom. The average Bonchev–Trinajstić information content (AvgIpc) is 3.56. The molecule has 0 fully saturated rings. The standard InChI is InChI=1S/C27H23N2O.C18H24NSi.Ir/c1-3-18(4-2)20-15-16-28-25(17-20)23-12-8-11-21-22-13-14-24(19-9-6-5-7-10-19)29-27(22)30-26(21)23;1-14(2)11-16-12-17(15-9-7-6-8-10-15)19-13-18(16)20(3,4)5;/h5-11,13-18H,3-4H2,1-2H3;6-9,12-14H,11H2,1-5H3;/q2*-1;/i18D;11D2;. The van der Waals surface area contributed by atoms with Gasteiger partial charge in [-0.15, -0.1) is 54.1 Å². The molecule has 0 bridgehead atoms. The quantitative estimate of drug-likeness (QED) is 0.107. The Hall–Kier alpha value is -4.22. The zero-order valence-corrected chi connectivity index (χ0v) is 33.9. The topological polar surface area (TPSA) is 51.8 Å². The van der Waals surface area contributed by atoms with Crippen LogP contribution in [0.4, 0.5) is 0 Å². The number of fused-ring (bicyclic) bond motifs is 3. The summed E-state index contributed by atoms with van der Waals surface area (Å²) < 4.78 is 32.2. The summed E-state index contributed by atoms with van der Waals surface area (Å²) >= 11 is 0. The second-order valence-corrected chi connectivity index (χ2v) is 18.8. The second kappa shape index (κ2) is 16.9. The van der Waals surface area contributed by atoms with Gasteiger partial charge >= 0.3 is 0 Å². The summed E-state index contributed by atoms with van der Waals surface area (Å²) in [5.41, 5.74) is 8.29. The number of nitrogens with zero attached hydrogens (tertiary/aromatic N) is 3. The number of pyridine rings is 3. The van der Waals surface area contributed by atoms with Gasteiger partial charge in [-0.2, -0.15) is 0 Å². The summed E-state index contributed by atoms with van der Waals surface area (Å²) in [5.74, 6) is -0.705. The molecule has 0 atom stereocenters. The average molecular weight is 869 g/mol. The van der Waals surface area contributed by atoms with Crippen LogP contribution in [0.25, 0.3) is 55.8 Å². The Labute approximate surface area is 322 Å². The SMILES string of the molecule is [2H]C(CC)(CC)c1ccnc(-c2[c-]ccc3c2oc2nc(-c4ccccc4)ccc23)c1.[2H]C([2H])(c1cc(-c2[c-]cccc2)ncc1[Si](C)(C)C)C(C)C.[Ir]. The molecule has 263 valence electrons. The number of benzene rings is 3. The molecule has 4 nitrogen and oxygen atoms in total. The smallest absolute Gasteiger partial charge is 0.216 e. The van der Waals surface area contributed by atoms with E-state index < -0.39 is 20.3 Å². The van der Waals surface area contributed by atoms with Crippen molar-refractivity contribution in [2.75, 3.05) is 0 Å². The molecule has 4 aromatic heterocycles. The summed E-state index contributed by atoms with van der Waals surface area (Å²) in [7, 11) is -1.67. The van der Waals surface area contributed by atoms with Gasteiger partial charge in [-0.25, -0.2) is 4.98 Å². The zero-order chi connectivity index (χ0) is 38.0. The van der Waals surface area contributed by atoms with Crippen LogP contribution in [0.1, 0.15) is 61.7 Å². The monoisotopic (exact) mass is 869 g/mol. The molecule has 0 aliphatic carbocycles. The summed E-state index contributed by atoms with van der Waals surface area (Å²) in [6, 6.07) is 38.1. The summed E-state index contributed by atoms with van der Waals surface area (Å²) in [5, 5.41) is 3.06. The molecule has 51 heavy (non-hydrogen) atoms. The number of rotatable bonds is 9. The van der Waals surface area contributed by atoms with Crippen molar-refractivity contribution in [1.29, 1.82) is 0 Å². The van der Waals surface area contributed by atoms with Gasteiger partial charge < -0.3 is 14.4 Å². The van der Waals surface area contributed by atoms with E-state index in [0.717, 1.165) is 79.3 Å². The molecule has 6 heteroatoms. The fourth-order valence-corrected chi connectivity index (χ4v) is 7.62. The molecule has 1 radical (unpaired) electrons. The molecule has 0 aliphatic heterocycles. The fourth-order valence-electron chi connectivity index (χ4n) is 6.21. The van der Waals surface area contributed by atoms with Crippen molar-refractivity contribution in [3.05, 3.63) is 133 Å². The predicted octanol–water partition coefficient (Wildman–Crippen LogP) is 11.7. The number of hydrogen-bond donors (Lipinski definition) is 0. The van der Waals surface area contributed by atoms with E-state index in [1.807, 2.05) is 111 Å². The van der Waals surface area contributed by atoms with Gasteiger partial charge in [0.2, 0.25) is 5.71 Å². The molecule has 0 spiro atoms. The molecule has 0 saturated carbocycles. The van der Waals surface area contributed by atoms with Crippen molar-refractivity contribution in [3.8, 4) is 33.8 Å². The van der Waals surface area contributed by atoms with E-state index in [9.17, 15) is 0 Å². The van der Waals surface area contributed by atoms with Crippen LogP contribution in [-0.4, -0.2) is 23.0 Å². The summed E-state index contributed by atoms with van der Waals surface area (Å²) in [6.07, 6.45) is 3.80. The van der Waals surface area contributed by atoms with Gasteiger partial charge in [0.15, 0.2) is 0 Å². The third-order valence-corrected chi connectivity index (χ3v) is 10.8. The molecular formula is C45H47IrN3OSi-2. The number of aromatic nitrogens is 3. The number of hydrogen-bond acceptors (Lipinski definition) is 4. The molecule has 0 amide bonds. The third kappa shape index (κ3) is 8.81. The molecule has 0 unspecified atom stereocenters. The van der Waals surface area contributed by atoms with E-state index in [1.165, 1.54) is 0 Å². The van der Waals surface area contributed by atoms with Crippen LogP contribution in [0.5, 0.6) is 0 Å². The van der Waals surface area contributed by atoms with E-state index in [-0.39, 0.29) is 26.0 Å². The summed E-state index contributed by atoms with van der Waals surface area (Å²) in [4.78, 5) is 13.9. The fraction of sp³-hybridized carbons (Fsp3) is 0.267. The Morgan fingerprint density at radius 1 is 0.804 bits per heavy atom. The predicted molar refractivity (Wildman–Crippen MR) is 212 cm³/mol. The van der Waals surface area contributed by atoms with Crippen LogP contribution in [0.3, 0.4) is 0 Å². The zero-order valence-electron chi connectivity index (χ0n) is 33.5. The van der Waals surface area contributed by atoms with Crippen molar-refractivity contribution in [2.24, 2.45) is 5.92 Å². The van der Waals surface area contributed by atoms with Crippen LogP contribution in [0.15, 0.2) is 114 Å². The molecule has 0 N–H and O–H groups in total. The van der Waals surface area contributed by atoms with Crippen LogP contribution in [0, 0.1) is 18.1 Å². The van der Waals surface area contributed by atoms with Gasteiger partial charge in [-0.1, -0.05) is 112 Å². The van der Waals surface area contributed by atoms with Gasteiger partial charge in [0.25, 0.3) is 0 Å². The first kappa shape index (κ1) is 33.9. The van der Waals surface area contributed by atoms with Crippen molar-refractivity contribution < 1.29 is 28.6 Å². The van der Waals surface area contributed by atoms with Crippen LogP contribution < -0.4 is 5.19 Å². The first-order valence-electron chi connectivity index (χ1n) is 19.0. The maximum Gasteiger partial charge on any atom is 0.216 e. The first-order chi connectivity index (χ1) is 25.3. The van der Waals surface area contributed by atoms with Crippen LogP contribution in [0.2, 0.25) is 19.6 Å². The van der Waals surface area contributed by atoms with Gasteiger partial charge in [0.1, 0.15) is 0 Å². The molecule has 4 heterocycles. The molecule has 0 saturated heterocycles. The molecule has 7 rings (SSSR count). The van der Waals surface area contributed by atoms with Crippen molar-refractivity contribution >= 4 is 35.3 Å². The molecule has 0 aliphatic rings. The Kier molecular flexibility index (Phi) is 11.2. The second-order valence-electron chi connectivity index (χ2n) is 13.8. The minimum Gasteiger partial charge on any atom is -0.486 e. The molecule has 7 aromatic rings. The van der Waals surface area contributed by atoms with Crippen molar-refractivity contribution in [2.45, 2.75) is 72.4 Å². The Morgan fingerprint density at radius 2 is 1.57 bits per heavy atom. The van der Waals surface area contributed by atoms with E-state index in [4.69, 9.17) is 13.5 Å². The van der Waals surface area contributed by atoms with E-state index in [1.54, 1.807) is 6.20 Å². The normalized spacial score (nSPS) is 12.8. The summed E-state index contributed by atoms with van der Waals surface area (Å²) in [6.45, 7) is 14.7. The maximum atomic E-state index is 8.80.